The fourth-order valence-electron chi connectivity index (χ4n) is 2.80. The number of aromatic nitrogens is 1. The van der Waals surface area contributed by atoms with Crippen LogP contribution in [0.15, 0.2) is 24.4 Å². The quantitative estimate of drug-likeness (QED) is 0.592. The van der Waals surface area contributed by atoms with E-state index in [0.29, 0.717) is 5.69 Å². The third-order valence-corrected chi connectivity index (χ3v) is 3.66. The summed E-state index contributed by atoms with van der Waals surface area (Å²) in [6.45, 7) is 5.39. The second-order valence-corrected chi connectivity index (χ2v) is 5.74. The van der Waals surface area contributed by atoms with Crippen LogP contribution >= 0.6 is 0 Å². The minimum Gasteiger partial charge on any atom is -0.456 e. The van der Waals surface area contributed by atoms with Gasteiger partial charge in [0.1, 0.15) is 6.10 Å². The van der Waals surface area contributed by atoms with Crippen molar-refractivity contribution in [1.29, 1.82) is 0 Å². The van der Waals surface area contributed by atoms with E-state index in [0.717, 1.165) is 0 Å². The van der Waals surface area contributed by atoms with Gasteiger partial charge in [-0.1, -0.05) is 6.07 Å². The number of carbonyl (C=O) groups excluding carboxylic acids is 3. The van der Waals surface area contributed by atoms with Crippen molar-refractivity contribution in [3.8, 4) is 0 Å². The van der Waals surface area contributed by atoms with Gasteiger partial charge in [0.15, 0.2) is 18.3 Å². The molecule has 1 aromatic heterocycles. The van der Waals surface area contributed by atoms with Gasteiger partial charge in [-0.15, -0.1) is 0 Å². The summed E-state index contributed by atoms with van der Waals surface area (Å²) >= 11 is 0. The molecule has 136 valence electrons. The van der Waals surface area contributed by atoms with Crippen LogP contribution < -0.4 is 0 Å². The van der Waals surface area contributed by atoms with Crippen molar-refractivity contribution in [3.63, 3.8) is 0 Å². The molecule has 5 atom stereocenters. The molecule has 0 aliphatic carbocycles. The van der Waals surface area contributed by atoms with Crippen LogP contribution in [0.25, 0.3) is 0 Å². The van der Waals surface area contributed by atoms with E-state index < -0.39 is 48.4 Å². The Morgan fingerprint density at radius 1 is 0.920 bits per heavy atom. The molecule has 1 aliphatic rings. The average Bonchev–Trinajstić information content (AvgIpc) is 2.53. The van der Waals surface area contributed by atoms with Gasteiger partial charge in [-0.3, -0.25) is 19.4 Å². The first-order valence-corrected chi connectivity index (χ1v) is 7.87. The van der Waals surface area contributed by atoms with Crippen LogP contribution in [-0.2, 0) is 33.3 Å². The van der Waals surface area contributed by atoms with Crippen LogP contribution in [0.2, 0.25) is 0 Å². The molecule has 0 bridgehead atoms. The largest absolute Gasteiger partial charge is 0.456 e. The molecule has 1 aromatic rings. The lowest BCUT2D eigenvalue weighted by molar-refractivity contribution is -0.246. The fourth-order valence-corrected chi connectivity index (χ4v) is 2.80. The molecule has 1 fully saturated rings. The highest BCUT2D eigenvalue weighted by Crippen LogP contribution is 2.36. The predicted octanol–water partition coefficient (Wildman–Crippen LogP) is 1.34. The van der Waals surface area contributed by atoms with Crippen LogP contribution in [0, 0.1) is 0 Å². The van der Waals surface area contributed by atoms with E-state index in [1.54, 1.807) is 31.3 Å². The molecule has 0 radical (unpaired) electrons. The highest BCUT2D eigenvalue weighted by Gasteiger charge is 2.51. The summed E-state index contributed by atoms with van der Waals surface area (Å²) in [7, 11) is 0. The standard InChI is InChI=1S/C17H21NO7/c1-9-14(23-10(2)19)16(24-11(3)20)17(25-12(4)21)15(22-9)13-7-5-6-8-18-13/h5-9,14-17H,1-4H3/t9-,14+,15+,16+,17+/m1/s1. The predicted molar refractivity (Wildman–Crippen MR) is 84.2 cm³/mol. The minimum atomic E-state index is -1.01. The van der Waals surface area contributed by atoms with Gasteiger partial charge in [0, 0.05) is 27.0 Å². The van der Waals surface area contributed by atoms with E-state index in [9.17, 15) is 14.4 Å². The summed E-state index contributed by atoms with van der Waals surface area (Å²) < 4.78 is 21.9. The van der Waals surface area contributed by atoms with Crippen LogP contribution in [0.3, 0.4) is 0 Å². The maximum absolute atomic E-state index is 11.6. The highest BCUT2D eigenvalue weighted by molar-refractivity contribution is 5.68. The second-order valence-electron chi connectivity index (χ2n) is 5.74. The van der Waals surface area contributed by atoms with Gasteiger partial charge >= 0.3 is 17.9 Å². The van der Waals surface area contributed by atoms with Crippen LogP contribution in [0.4, 0.5) is 0 Å². The summed E-state index contributed by atoms with van der Waals surface area (Å²) in [4.78, 5) is 38.8. The first-order valence-electron chi connectivity index (χ1n) is 7.87. The zero-order valence-corrected chi connectivity index (χ0v) is 14.5. The fraction of sp³-hybridized carbons (Fsp3) is 0.529. The van der Waals surface area contributed by atoms with Crippen molar-refractivity contribution in [2.45, 2.75) is 58.2 Å². The van der Waals surface area contributed by atoms with Crippen molar-refractivity contribution in [1.82, 2.24) is 4.98 Å². The van der Waals surface area contributed by atoms with Gasteiger partial charge in [-0.2, -0.15) is 0 Å². The molecule has 1 saturated heterocycles. The Labute approximate surface area is 145 Å². The molecule has 25 heavy (non-hydrogen) atoms. The molecule has 8 heteroatoms. The van der Waals surface area contributed by atoms with Crippen molar-refractivity contribution >= 4 is 17.9 Å². The number of pyridine rings is 1. The molecule has 2 rings (SSSR count). The maximum atomic E-state index is 11.6. The Balaban J connectivity index is 2.42. The lowest BCUT2D eigenvalue weighted by atomic mass is 9.93. The Hall–Kier alpha value is -2.48. The van der Waals surface area contributed by atoms with Crippen LogP contribution in [0.5, 0.6) is 0 Å². The van der Waals surface area contributed by atoms with Gasteiger partial charge in [-0.05, 0) is 19.1 Å². The maximum Gasteiger partial charge on any atom is 0.303 e. The summed E-state index contributed by atoms with van der Waals surface area (Å²) in [5.41, 5.74) is 0.513. The third-order valence-electron chi connectivity index (χ3n) is 3.66. The molecule has 0 aromatic carbocycles. The molecule has 0 unspecified atom stereocenters. The Morgan fingerprint density at radius 3 is 2.00 bits per heavy atom. The second kappa shape index (κ2) is 8.06. The Bertz CT molecular complexity index is 633. The zero-order chi connectivity index (χ0) is 18.6. The molecular formula is C17H21NO7. The molecule has 0 amide bonds. The zero-order valence-electron chi connectivity index (χ0n) is 14.5. The lowest BCUT2D eigenvalue weighted by Gasteiger charge is -2.43. The van der Waals surface area contributed by atoms with E-state index in [2.05, 4.69) is 4.98 Å². The Kier molecular flexibility index (Phi) is 6.08. The topological polar surface area (TPSA) is 101 Å². The first kappa shape index (κ1) is 18.9. The highest BCUT2D eigenvalue weighted by atomic mass is 16.6. The van der Waals surface area contributed by atoms with Gasteiger partial charge in [-0.25, -0.2) is 0 Å². The Morgan fingerprint density at radius 2 is 1.48 bits per heavy atom. The number of hydrogen-bond donors (Lipinski definition) is 0. The van der Waals surface area contributed by atoms with Gasteiger partial charge in [0.25, 0.3) is 0 Å². The summed E-state index contributed by atoms with van der Waals surface area (Å²) in [6, 6.07) is 5.22. The number of carbonyl (C=O) groups is 3. The molecule has 0 N–H and O–H groups in total. The van der Waals surface area contributed by atoms with Gasteiger partial charge in [0.2, 0.25) is 0 Å². The number of nitrogens with zero attached hydrogens (tertiary/aromatic N) is 1. The smallest absolute Gasteiger partial charge is 0.303 e. The van der Waals surface area contributed by atoms with Crippen LogP contribution in [0.1, 0.15) is 39.5 Å². The summed E-state index contributed by atoms with van der Waals surface area (Å²) in [5.74, 6) is -1.73. The van der Waals surface area contributed by atoms with Crippen molar-refractivity contribution in [2.75, 3.05) is 0 Å². The molecule has 0 spiro atoms. The lowest BCUT2D eigenvalue weighted by Crippen LogP contribution is -2.57. The molecule has 1 aliphatic heterocycles. The molecule has 0 saturated carbocycles. The molecular weight excluding hydrogens is 330 g/mol. The van der Waals surface area contributed by atoms with E-state index in [1.807, 2.05) is 0 Å². The van der Waals surface area contributed by atoms with Gasteiger partial charge in [0.05, 0.1) is 11.8 Å². The van der Waals surface area contributed by atoms with Crippen LogP contribution in [-0.4, -0.2) is 47.3 Å². The van der Waals surface area contributed by atoms with E-state index in [-0.39, 0.29) is 0 Å². The van der Waals surface area contributed by atoms with Gasteiger partial charge < -0.3 is 18.9 Å². The molecule has 2 heterocycles. The number of hydrogen-bond acceptors (Lipinski definition) is 8. The van der Waals surface area contributed by atoms with Crippen molar-refractivity contribution in [3.05, 3.63) is 30.1 Å². The number of ether oxygens (including phenoxy) is 4. The minimum absolute atomic E-state index is 0.513. The average molecular weight is 351 g/mol. The number of esters is 3. The summed E-state index contributed by atoms with van der Waals surface area (Å²) in [5, 5.41) is 0. The summed E-state index contributed by atoms with van der Waals surface area (Å²) in [6.07, 6.45) is -2.72. The van der Waals surface area contributed by atoms with E-state index in [1.165, 1.54) is 20.8 Å². The van der Waals surface area contributed by atoms with Crippen molar-refractivity contribution in [2.24, 2.45) is 0 Å². The first-order chi connectivity index (χ1) is 11.8. The number of rotatable bonds is 4. The third kappa shape index (κ3) is 4.76. The van der Waals surface area contributed by atoms with E-state index in [4.69, 9.17) is 18.9 Å². The monoisotopic (exact) mass is 351 g/mol. The normalized spacial score (nSPS) is 28.7. The van der Waals surface area contributed by atoms with E-state index >= 15 is 0 Å². The molecule has 8 nitrogen and oxygen atoms in total. The SMILES string of the molecule is CC(=O)O[C@H]1[C@@H](OC(C)=O)[C@@H](C)O[C@@H](c2ccccn2)[C@@H]1OC(C)=O. The van der Waals surface area contributed by atoms with Crippen molar-refractivity contribution < 1.29 is 33.3 Å².